The van der Waals surface area contributed by atoms with Gasteiger partial charge < -0.3 is 19.9 Å². The molecule has 0 amide bonds. The zero-order valence-electron chi connectivity index (χ0n) is 21.8. The van der Waals surface area contributed by atoms with Crippen molar-refractivity contribution in [3.8, 4) is 5.75 Å². The van der Waals surface area contributed by atoms with Gasteiger partial charge in [0.05, 0.1) is 29.4 Å². The number of allylic oxidation sites excluding steroid dienone is 1. The molecule has 0 radical (unpaired) electrons. The lowest BCUT2D eigenvalue weighted by molar-refractivity contribution is 0.242. The van der Waals surface area contributed by atoms with E-state index in [1.165, 1.54) is 22.4 Å². The maximum atomic E-state index is 5.91. The predicted octanol–water partition coefficient (Wildman–Crippen LogP) is 6.68. The minimum atomic E-state index is -0.0783. The summed E-state index contributed by atoms with van der Waals surface area (Å²) in [5.41, 5.74) is 6.95. The fourth-order valence-electron chi connectivity index (χ4n) is 5.29. The van der Waals surface area contributed by atoms with E-state index < -0.39 is 0 Å². The first-order valence-electron chi connectivity index (χ1n) is 12.5. The number of fused-ring (bicyclic) bond motifs is 1. The molecule has 3 aromatic rings. The Morgan fingerprint density at radius 2 is 1.81 bits per heavy atom. The average molecular weight is 499 g/mol. The summed E-state index contributed by atoms with van der Waals surface area (Å²) in [5.74, 6) is 0.852. The highest BCUT2D eigenvalue weighted by atomic mass is 32.1. The summed E-state index contributed by atoms with van der Waals surface area (Å²) >= 11 is 5.91. The van der Waals surface area contributed by atoms with Gasteiger partial charge in [-0.1, -0.05) is 18.2 Å². The number of thiocarbonyl (C=S) groups is 1. The Kier molecular flexibility index (Phi) is 6.25. The molecule has 2 atom stereocenters. The van der Waals surface area contributed by atoms with Gasteiger partial charge in [0.2, 0.25) is 0 Å². The first-order chi connectivity index (χ1) is 17.2. The molecule has 6 heteroatoms. The van der Waals surface area contributed by atoms with Crippen molar-refractivity contribution in [3.05, 3.63) is 89.8 Å². The Labute approximate surface area is 219 Å². The molecule has 0 bridgehead atoms. The van der Waals surface area contributed by atoms with Gasteiger partial charge in [-0.25, -0.2) is 0 Å². The molecule has 2 aliphatic rings. The molecule has 2 aliphatic heterocycles. The molecule has 5 rings (SSSR count). The number of benzene rings is 2. The standard InChI is InChI=1S/C30H34N4OS/c1-19(2)35-23-13-11-22(12-14-23)34-28(27(32-29(34)36)25-9-7-8-16-31-25)21-10-15-26-24(17-21)20(3)18-30(4,5)33(26)6/h7-19,27-28H,1-6H3,(H,32,36)/t27-,28+/m1/s1. The van der Waals surface area contributed by atoms with Crippen molar-refractivity contribution in [1.29, 1.82) is 0 Å². The first kappa shape index (κ1) is 24.3. The Bertz CT molecular complexity index is 1300. The third kappa shape index (κ3) is 4.35. The third-order valence-electron chi connectivity index (χ3n) is 7.17. The van der Waals surface area contributed by atoms with Crippen molar-refractivity contribution in [1.82, 2.24) is 10.3 Å². The van der Waals surface area contributed by atoms with Crippen LogP contribution in [-0.2, 0) is 0 Å². The number of nitrogens with one attached hydrogen (secondary N) is 1. The van der Waals surface area contributed by atoms with Crippen LogP contribution in [-0.4, -0.2) is 28.8 Å². The zero-order valence-corrected chi connectivity index (χ0v) is 22.6. The molecule has 3 heterocycles. The van der Waals surface area contributed by atoms with Crippen molar-refractivity contribution in [2.45, 2.75) is 58.3 Å². The fraction of sp³-hybridized carbons (Fsp3) is 0.333. The van der Waals surface area contributed by atoms with Crippen molar-refractivity contribution in [2.75, 3.05) is 16.8 Å². The molecule has 36 heavy (non-hydrogen) atoms. The van der Waals surface area contributed by atoms with Gasteiger partial charge in [-0.2, -0.15) is 0 Å². The number of ether oxygens (including phenoxy) is 1. The van der Waals surface area contributed by atoms with Gasteiger partial charge in [0.25, 0.3) is 0 Å². The van der Waals surface area contributed by atoms with Crippen LogP contribution in [0.25, 0.3) is 5.57 Å². The quantitative estimate of drug-likeness (QED) is 0.396. The monoisotopic (exact) mass is 498 g/mol. The lowest BCUT2D eigenvalue weighted by atomic mass is 9.86. The minimum absolute atomic E-state index is 0.0303. The highest BCUT2D eigenvalue weighted by Crippen LogP contribution is 2.45. The molecule has 1 saturated heterocycles. The number of rotatable bonds is 5. The van der Waals surface area contributed by atoms with Crippen LogP contribution in [0.5, 0.6) is 5.75 Å². The van der Waals surface area contributed by atoms with Crippen LogP contribution in [0.15, 0.2) is 72.9 Å². The summed E-state index contributed by atoms with van der Waals surface area (Å²) in [4.78, 5) is 9.25. The molecule has 1 aromatic heterocycles. The molecule has 5 nitrogen and oxygen atoms in total. The molecular formula is C30H34N4OS. The second kappa shape index (κ2) is 9.25. The molecule has 0 aliphatic carbocycles. The number of likely N-dealkylation sites (N-methyl/N-ethyl adjacent to an activating group) is 1. The van der Waals surface area contributed by atoms with Crippen LogP contribution in [0.1, 0.15) is 63.5 Å². The van der Waals surface area contributed by atoms with Gasteiger partial charge in [-0.15, -0.1) is 0 Å². The van der Waals surface area contributed by atoms with Crippen LogP contribution in [0.2, 0.25) is 0 Å². The van der Waals surface area contributed by atoms with E-state index in [9.17, 15) is 0 Å². The van der Waals surface area contributed by atoms with Crippen LogP contribution in [0.4, 0.5) is 11.4 Å². The number of aromatic nitrogens is 1. The number of hydrogen-bond donors (Lipinski definition) is 1. The number of nitrogens with zero attached hydrogens (tertiary/aromatic N) is 3. The Hall–Kier alpha value is -3.38. The van der Waals surface area contributed by atoms with Gasteiger partial charge in [-0.3, -0.25) is 4.98 Å². The van der Waals surface area contributed by atoms with E-state index in [0.717, 1.165) is 17.1 Å². The Morgan fingerprint density at radius 1 is 1.06 bits per heavy atom. The molecule has 1 N–H and O–H groups in total. The molecule has 2 aromatic carbocycles. The van der Waals surface area contributed by atoms with Gasteiger partial charge in [0, 0.05) is 30.2 Å². The van der Waals surface area contributed by atoms with Crippen molar-refractivity contribution >= 4 is 34.3 Å². The lowest BCUT2D eigenvalue weighted by Crippen LogP contribution is -2.42. The van der Waals surface area contributed by atoms with Crippen LogP contribution in [0.3, 0.4) is 0 Å². The normalized spacial score (nSPS) is 20.8. The summed E-state index contributed by atoms with van der Waals surface area (Å²) in [6.45, 7) is 10.8. The van der Waals surface area contributed by atoms with E-state index in [0.29, 0.717) is 5.11 Å². The average Bonchev–Trinajstić information content (AvgIpc) is 3.20. The van der Waals surface area contributed by atoms with Gasteiger partial charge >= 0.3 is 0 Å². The molecule has 1 fully saturated rings. The van der Waals surface area contributed by atoms with E-state index in [4.69, 9.17) is 21.9 Å². The summed E-state index contributed by atoms with van der Waals surface area (Å²) in [6, 6.07) is 20.9. The van der Waals surface area contributed by atoms with Gasteiger partial charge in [0.15, 0.2) is 5.11 Å². The van der Waals surface area contributed by atoms with Crippen molar-refractivity contribution < 1.29 is 4.74 Å². The van der Waals surface area contributed by atoms with Crippen LogP contribution < -0.4 is 19.9 Å². The van der Waals surface area contributed by atoms with Crippen molar-refractivity contribution in [2.24, 2.45) is 0 Å². The summed E-state index contributed by atoms with van der Waals surface area (Å²) in [5, 5.41) is 4.26. The van der Waals surface area contributed by atoms with Gasteiger partial charge in [-0.05, 0) is 107 Å². The number of anilines is 2. The number of hydrogen-bond acceptors (Lipinski definition) is 4. The van der Waals surface area contributed by atoms with Crippen LogP contribution in [0, 0.1) is 0 Å². The fourth-order valence-corrected chi connectivity index (χ4v) is 5.64. The number of pyridine rings is 1. The predicted molar refractivity (Wildman–Crippen MR) is 153 cm³/mol. The zero-order chi connectivity index (χ0) is 25.6. The second-order valence-electron chi connectivity index (χ2n) is 10.5. The topological polar surface area (TPSA) is 40.6 Å². The van der Waals surface area contributed by atoms with E-state index in [2.05, 4.69) is 85.4 Å². The van der Waals surface area contributed by atoms with E-state index in [1.807, 2.05) is 44.3 Å². The summed E-state index contributed by atoms with van der Waals surface area (Å²) < 4.78 is 5.87. The molecule has 0 unspecified atom stereocenters. The Balaban J connectivity index is 1.60. The molecule has 0 spiro atoms. The molecular weight excluding hydrogens is 464 g/mol. The Morgan fingerprint density at radius 3 is 2.47 bits per heavy atom. The maximum Gasteiger partial charge on any atom is 0.174 e. The maximum absolute atomic E-state index is 5.91. The minimum Gasteiger partial charge on any atom is -0.491 e. The van der Waals surface area contributed by atoms with E-state index in [1.54, 1.807) is 0 Å². The van der Waals surface area contributed by atoms with Crippen molar-refractivity contribution in [3.63, 3.8) is 0 Å². The highest BCUT2D eigenvalue weighted by molar-refractivity contribution is 7.80. The highest BCUT2D eigenvalue weighted by Gasteiger charge is 2.41. The third-order valence-corrected chi connectivity index (χ3v) is 7.48. The van der Waals surface area contributed by atoms with Crippen LogP contribution >= 0.6 is 12.2 Å². The summed E-state index contributed by atoms with van der Waals surface area (Å²) in [6.07, 6.45) is 4.31. The lowest BCUT2D eigenvalue weighted by Gasteiger charge is -2.41. The smallest absolute Gasteiger partial charge is 0.174 e. The second-order valence-corrected chi connectivity index (χ2v) is 10.9. The first-order valence-corrected chi connectivity index (χ1v) is 12.9. The van der Waals surface area contributed by atoms with E-state index in [-0.39, 0.29) is 23.7 Å². The summed E-state index contributed by atoms with van der Waals surface area (Å²) in [7, 11) is 2.16. The molecule has 0 saturated carbocycles. The largest absolute Gasteiger partial charge is 0.491 e. The molecule has 186 valence electrons. The van der Waals surface area contributed by atoms with Gasteiger partial charge in [0.1, 0.15) is 5.75 Å². The SMILES string of the molecule is CC1=CC(C)(C)N(C)c2ccc([C@H]3[C@@H](c4ccccn4)NC(=S)N3c3ccc(OC(C)C)cc3)cc21. The van der Waals surface area contributed by atoms with E-state index >= 15 is 0 Å².